The van der Waals surface area contributed by atoms with E-state index in [1.165, 1.54) is 49.9 Å². The van der Waals surface area contributed by atoms with E-state index >= 15 is 0 Å². The van der Waals surface area contributed by atoms with E-state index in [-0.39, 0.29) is 5.91 Å². The minimum absolute atomic E-state index is 0.200. The summed E-state index contributed by atoms with van der Waals surface area (Å²) in [6.07, 6.45) is 7.52. The second kappa shape index (κ2) is 9.54. The van der Waals surface area contributed by atoms with Gasteiger partial charge in [-0.2, -0.15) is 0 Å². The van der Waals surface area contributed by atoms with Crippen LogP contribution in [0.4, 0.5) is 0 Å². The number of hydrogen-bond donors (Lipinski definition) is 0. The second-order valence-electron chi connectivity index (χ2n) is 9.54. The fourth-order valence-corrected chi connectivity index (χ4v) is 5.88. The van der Waals surface area contributed by atoms with Gasteiger partial charge in [-0.15, -0.1) is 0 Å². The summed E-state index contributed by atoms with van der Waals surface area (Å²) >= 11 is 0. The van der Waals surface area contributed by atoms with E-state index in [4.69, 9.17) is 0 Å². The van der Waals surface area contributed by atoms with E-state index in [0.717, 1.165) is 44.6 Å². The summed E-state index contributed by atoms with van der Waals surface area (Å²) in [4.78, 5) is 20.0. The molecule has 0 aromatic heterocycles. The predicted molar refractivity (Wildman–Crippen MR) is 125 cm³/mol. The lowest BCUT2D eigenvalue weighted by atomic mass is 10.0. The summed E-state index contributed by atoms with van der Waals surface area (Å²) in [6, 6.07) is 20.7. The normalized spacial score (nSPS) is 24.8. The van der Waals surface area contributed by atoms with Gasteiger partial charge in [0.25, 0.3) is 5.91 Å². The third kappa shape index (κ3) is 4.70. The van der Waals surface area contributed by atoms with Gasteiger partial charge < -0.3 is 4.90 Å². The molecule has 3 heterocycles. The van der Waals surface area contributed by atoms with Crippen molar-refractivity contribution in [3.63, 3.8) is 0 Å². The molecule has 4 heteroatoms. The van der Waals surface area contributed by atoms with Gasteiger partial charge in [-0.25, -0.2) is 0 Å². The van der Waals surface area contributed by atoms with Crippen LogP contribution in [-0.2, 0) is 13.1 Å². The molecule has 0 aliphatic carbocycles. The van der Waals surface area contributed by atoms with Gasteiger partial charge in [0.1, 0.15) is 0 Å². The highest BCUT2D eigenvalue weighted by Gasteiger charge is 2.37. The van der Waals surface area contributed by atoms with Crippen molar-refractivity contribution in [2.75, 3.05) is 26.2 Å². The van der Waals surface area contributed by atoms with Gasteiger partial charge >= 0.3 is 0 Å². The topological polar surface area (TPSA) is 26.8 Å². The van der Waals surface area contributed by atoms with Crippen LogP contribution in [0.25, 0.3) is 0 Å². The molecule has 0 saturated carbocycles. The van der Waals surface area contributed by atoms with Crippen molar-refractivity contribution in [2.45, 2.75) is 63.7 Å². The lowest BCUT2D eigenvalue weighted by molar-refractivity contribution is 0.0792. The highest BCUT2D eigenvalue weighted by atomic mass is 16.2. The maximum absolute atomic E-state index is 12.6. The van der Waals surface area contributed by atoms with Gasteiger partial charge in [-0.1, -0.05) is 42.5 Å². The average molecular weight is 418 g/mol. The zero-order chi connectivity index (χ0) is 21.0. The van der Waals surface area contributed by atoms with Crippen molar-refractivity contribution in [3.05, 3.63) is 71.3 Å². The number of hydrogen-bond acceptors (Lipinski definition) is 3. The number of carbonyl (C=O) groups is 1. The van der Waals surface area contributed by atoms with Gasteiger partial charge in [-0.05, 0) is 74.9 Å². The number of nitrogens with zero attached hydrogens (tertiary/aromatic N) is 3. The quantitative estimate of drug-likeness (QED) is 0.690. The zero-order valence-electron chi connectivity index (χ0n) is 18.6. The minimum atomic E-state index is 0.200. The van der Waals surface area contributed by atoms with E-state index in [0.29, 0.717) is 12.1 Å². The Morgan fingerprint density at radius 3 is 1.81 bits per heavy atom. The van der Waals surface area contributed by atoms with E-state index in [1.54, 1.807) is 0 Å². The molecule has 2 atom stereocenters. The molecule has 0 radical (unpaired) electrons. The molecule has 3 saturated heterocycles. The number of carbonyl (C=O) groups excluding carboxylic acids is 1. The van der Waals surface area contributed by atoms with E-state index in [9.17, 15) is 4.79 Å². The van der Waals surface area contributed by atoms with Crippen LogP contribution in [0.3, 0.4) is 0 Å². The molecule has 2 aromatic carbocycles. The number of amides is 1. The Morgan fingerprint density at radius 1 is 0.677 bits per heavy atom. The zero-order valence-corrected chi connectivity index (χ0v) is 18.6. The highest BCUT2D eigenvalue weighted by Crippen LogP contribution is 2.32. The van der Waals surface area contributed by atoms with Crippen molar-refractivity contribution >= 4 is 5.91 Å². The molecule has 2 aromatic rings. The Hall–Kier alpha value is -2.17. The molecule has 31 heavy (non-hydrogen) atoms. The summed E-state index contributed by atoms with van der Waals surface area (Å²) < 4.78 is 0. The maximum Gasteiger partial charge on any atom is 0.253 e. The first-order chi connectivity index (χ1) is 15.3. The van der Waals surface area contributed by atoms with Crippen LogP contribution < -0.4 is 0 Å². The van der Waals surface area contributed by atoms with Crippen LogP contribution in [0.15, 0.2) is 54.6 Å². The van der Waals surface area contributed by atoms with Crippen LogP contribution in [0.5, 0.6) is 0 Å². The van der Waals surface area contributed by atoms with Gasteiger partial charge in [0.2, 0.25) is 0 Å². The molecule has 164 valence electrons. The monoisotopic (exact) mass is 417 g/mol. The summed E-state index contributed by atoms with van der Waals surface area (Å²) in [5, 5.41) is 0. The first kappa shape index (κ1) is 20.7. The molecule has 0 bridgehead atoms. The molecule has 1 amide bonds. The largest absolute Gasteiger partial charge is 0.339 e. The molecular weight excluding hydrogens is 382 g/mol. The van der Waals surface area contributed by atoms with E-state index in [2.05, 4.69) is 52.3 Å². The second-order valence-corrected chi connectivity index (χ2v) is 9.54. The lowest BCUT2D eigenvalue weighted by Crippen LogP contribution is -2.45. The summed E-state index contributed by atoms with van der Waals surface area (Å²) in [7, 11) is 0. The Morgan fingerprint density at radius 2 is 1.23 bits per heavy atom. The standard InChI is InChI=1S/C27H35N3O/c31-27(28-16-4-5-17-28)24-14-12-23(13-15-24)21-30-19-7-11-26(30)25-10-6-18-29(25)20-22-8-2-1-3-9-22/h1-3,8-9,12-15,25-26H,4-7,10-11,16-21H2. The van der Waals surface area contributed by atoms with Crippen LogP contribution >= 0.6 is 0 Å². The molecular formula is C27H35N3O. The SMILES string of the molecule is O=C(c1ccc(CN2CCCC2C2CCCN2Cc2ccccc2)cc1)N1CCCC1. The van der Waals surface area contributed by atoms with Crippen LogP contribution in [0, 0.1) is 0 Å². The first-order valence-electron chi connectivity index (χ1n) is 12.2. The Kier molecular flexibility index (Phi) is 6.37. The summed E-state index contributed by atoms with van der Waals surface area (Å²) in [5.41, 5.74) is 3.60. The molecule has 0 N–H and O–H groups in total. The van der Waals surface area contributed by atoms with Crippen LogP contribution in [0.2, 0.25) is 0 Å². The molecule has 0 spiro atoms. The molecule has 3 aliphatic heterocycles. The Bertz CT molecular complexity index is 860. The smallest absolute Gasteiger partial charge is 0.253 e. The molecule has 2 unspecified atom stereocenters. The molecule has 3 aliphatic rings. The van der Waals surface area contributed by atoms with Crippen molar-refractivity contribution in [1.29, 1.82) is 0 Å². The van der Waals surface area contributed by atoms with Gasteiger partial charge in [0, 0.05) is 43.8 Å². The molecule has 3 fully saturated rings. The van der Waals surface area contributed by atoms with E-state index < -0.39 is 0 Å². The maximum atomic E-state index is 12.6. The fraction of sp³-hybridized carbons (Fsp3) is 0.519. The summed E-state index contributed by atoms with van der Waals surface area (Å²) in [5.74, 6) is 0.200. The summed E-state index contributed by atoms with van der Waals surface area (Å²) in [6.45, 7) is 6.31. The third-order valence-corrected chi connectivity index (χ3v) is 7.48. The molecule has 5 rings (SSSR count). The number of likely N-dealkylation sites (tertiary alicyclic amines) is 3. The van der Waals surface area contributed by atoms with Gasteiger partial charge in [0.05, 0.1) is 0 Å². The average Bonchev–Trinajstić information content (AvgIpc) is 3.57. The Labute approximate surface area is 186 Å². The highest BCUT2D eigenvalue weighted by molar-refractivity contribution is 5.94. The van der Waals surface area contributed by atoms with Crippen molar-refractivity contribution in [3.8, 4) is 0 Å². The van der Waals surface area contributed by atoms with E-state index in [1.807, 2.05) is 17.0 Å². The fourth-order valence-electron chi connectivity index (χ4n) is 5.88. The van der Waals surface area contributed by atoms with Gasteiger partial charge in [-0.3, -0.25) is 14.6 Å². The van der Waals surface area contributed by atoms with Crippen molar-refractivity contribution in [1.82, 2.24) is 14.7 Å². The number of benzene rings is 2. The number of rotatable bonds is 6. The molecule has 4 nitrogen and oxygen atoms in total. The Balaban J connectivity index is 1.22. The predicted octanol–water partition coefficient (Wildman–Crippen LogP) is 4.55. The van der Waals surface area contributed by atoms with Crippen LogP contribution in [0.1, 0.15) is 60.0 Å². The third-order valence-electron chi connectivity index (χ3n) is 7.48. The van der Waals surface area contributed by atoms with Gasteiger partial charge in [0.15, 0.2) is 0 Å². The van der Waals surface area contributed by atoms with Crippen LogP contribution in [-0.4, -0.2) is 58.9 Å². The van der Waals surface area contributed by atoms with Crippen molar-refractivity contribution < 1.29 is 4.79 Å². The first-order valence-corrected chi connectivity index (χ1v) is 12.2. The van der Waals surface area contributed by atoms with Crippen molar-refractivity contribution in [2.24, 2.45) is 0 Å². The lowest BCUT2D eigenvalue weighted by Gasteiger charge is -2.35. The minimum Gasteiger partial charge on any atom is -0.339 e.